The molecule has 4 fully saturated rings. The summed E-state index contributed by atoms with van der Waals surface area (Å²) in [5.74, 6) is 1.67. The molecule has 9 heteroatoms. The van der Waals surface area contributed by atoms with Crippen LogP contribution in [0.2, 0.25) is 0 Å². The Morgan fingerprint density at radius 2 is 1.92 bits per heavy atom. The summed E-state index contributed by atoms with van der Waals surface area (Å²) in [6, 6.07) is 9.49. The average molecular weight is 585 g/mol. The van der Waals surface area contributed by atoms with E-state index in [1.165, 1.54) is 12.0 Å². The van der Waals surface area contributed by atoms with Crippen LogP contribution >= 0.6 is 15.9 Å². The fraction of sp³-hybridized carbons (Fsp3) is 0.621. The van der Waals surface area contributed by atoms with E-state index in [9.17, 15) is 4.79 Å². The quantitative estimate of drug-likeness (QED) is 0.555. The topological polar surface area (TPSA) is 79.8 Å². The first-order valence-electron chi connectivity index (χ1n) is 14.0. The van der Waals surface area contributed by atoms with Crippen molar-refractivity contribution in [2.75, 3.05) is 51.4 Å². The first-order valence-corrected chi connectivity index (χ1v) is 14.8. The van der Waals surface area contributed by atoms with Gasteiger partial charge in [-0.3, -0.25) is 4.79 Å². The van der Waals surface area contributed by atoms with Crippen molar-refractivity contribution in [3.63, 3.8) is 0 Å². The molecule has 0 spiro atoms. The molecule has 0 bridgehead atoms. The molecule has 4 heterocycles. The number of likely N-dealkylation sites (tertiary alicyclic amines) is 1. The van der Waals surface area contributed by atoms with E-state index in [1.54, 1.807) is 13.4 Å². The highest BCUT2D eigenvalue weighted by Crippen LogP contribution is 2.59. The lowest BCUT2D eigenvalue weighted by Crippen LogP contribution is -2.54. The number of benzene rings is 1. The smallest absolute Gasteiger partial charge is 0.272 e. The van der Waals surface area contributed by atoms with Crippen LogP contribution in [-0.4, -0.2) is 85.5 Å². The summed E-state index contributed by atoms with van der Waals surface area (Å²) < 4.78 is 12.3. The molecule has 4 unspecified atom stereocenters. The van der Waals surface area contributed by atoms with Gasteiger partial charge >= 0.3 is 0 Å². The van der Waals surface area contributed by atoms with Gasteiger partial charge in [0.2, 0.25) is 0 Å². The summed E-state index contributed by atoms with van der Waals surface area (Å²) in [6.45, 7) is 6.80. The molecular weight excluding hydrogens is 546 g/mol. The summed E-state index contributed by atoms with van der Waals surface area (Å²) in [4.78, 5) is 27.1. The zero-order valence-corrected chi connectivity index (χ0v) is 24.0. The van der Waals surface area contributed by atoms with Crippen LogP contribution in [0, 0.1) is 12.8 Å². The predicted octanol–water partition coefficient (Wildman–Crippen LogP) is 3.71. The third-order valence-corrected chi connectivity index (χ3v) is 9.80. The number of aromatic nitrogens is 2. The van der Waals surface area contributed by atoms with Crippen LogP contribution in [0.3, 0.4) is 0 Å². The highest BCUT2D eigenvalue weighted by Gasteiger charge is 2.58. The Morgan fingerprint density at radius 3 is 2.68 bits per heavy atom. The van der Waals surface area contributed by atoms with Crippen LogP contribution in [0.5, 0.6) is 0 Å². The lowest BCUT2D eigenvalue weighted by molar-refractivity contribution is -0.0533. The first-order chi connectivity index (χ1) is 18.5. The fourth-order valence-electron chi connectivity index (χ4n) is 6.90. The van der Waals surface area contributed by atoms with Crippen molar-refractivity contribution >= 4 is 27.7 Å². The van der Waals surface area contributed by atoms with Crippen molar-refractivity contribution in [3.05, 3.63) is 51.9 Å². The SMILES string of the molecule is COC1COCCC1NC1CCN(C(=O)c2ncnc(N3CCC4CC4(c4ccc(Br)cc4)C3)c2C)CC1. The highest BCUT2D eigenvalue weighted by atomic mass is 79.9. The second-order valence-electron chi connectivity index (χ2n) is 11.4. The van der Waals surface area contributed by atoms with Crippen LogP contribution < -0.4 is 10.2 Å². The second kappa shape index (κ2) is 10.8. The Hall–Kier alpha value is -2.07. The summed E-state index contributed by atoms with van der Waals surface area (Å²) in [7, 11) is 1.75. The van der Waals surface area contributed by atoms with Gasteiger partial charge in [-0.05, 0) is 62.6 Å². The molecule has 1 N–H and O–H groups in total. The van der Waals surface area contributed by atoms with Crippen molar-refractivity contribution in [1.29, 1.82) is 0 Å². The molecular formula is C29H38BrN5O3. The maximum Gasteiger partial charge on any atom is 0.272 e. The third kappa shape index (κ3) is 4.98. The van der Waals surface area contributed by atoms with Gasteiger partial charge in [0.25, 0.3) is 5.91 Å². The summed E-state index contributed by atoms with van der Waals surface area (Å²) in [5.41, 5.74) is 3.04. The fourth-order valence-corrected chi connectivity index (χ4v) is 7.17. The number of fused-ring (bicyclic) bond motifs is 1. The Balaban J connectivity index is 1.11. The van der Waals surface area contributed by atoms with Crippen molar-refractivity contribution in [1.82, 2.24) is 20.2 Å². The molecule has 4 aliphatic rings. The van der Waals surface area contributed by atoms with Crippen molar-refractivity contribution in [3.8, 4) is 0 Å². The molecule has 204 valence electrons. The van der Waals surface area contributed by atoms with Crippen LogP contribution in [0.4, 0.5) is 5.82 Å². The molecule has 8 nitrogen and oxygen atoms in total. The third-order valence-electron chi connectivity index (χ3n) is 9.27. The lowest BCUT2D eigenvalue weighted by atomic mass is 9.89. The number of halogens is 1. The van der Waals surface area contributed by atoms with Gasteiger partial charge in [-0.15, -0.1) is 0 Å². The van der Waals surface area contributed by atoms with Gasteiger partial charge in [-0.2, -0.15) is 0 Å². The number of nitrogens with one attached hydrogen (secondary N) is 1. The van der Waals surface area contributed by atoms with Gasteiger partial charge in [0.15, 0.2) is 0 Å². The van der Waals surface area contributed by atoms with Gasteiger partial charge < -0.3 is 24.6 Å². The number of piperidine rings is 2. The van der Waals surface area contributed by atoms with Gasteiger partial charge in [-0.25, -0.2) is 9.97 Å². The minimum atomic E-state index is 0.0226. The summed E-state index contributed by atoms with van der Waals surface area (Å²) in [5, 5.41) is 3.77. The molecule has 1 amide bonds. The van der Waals surface area contributed by atoms with E-state index >= 15 is 0 Å². The van der Waals surface area contributed by atoms with Crippen molar-refractivity contribution in [2.24, 2.45) is 5.92 Å². The van der Waals surface area contributed by atoms with E-state index in [1.807, 2.05) is 11.8 Å². The van der Waals surface area contributed by atoms with Crippen molar-refractivity contribution in [2.45, 2.75) is 62.6 Å². The van der Waals surface area contributed by atoms with E-state index in [4.69, 9.17) is 9.47 Å². The van der Waals surface area contributed by atoms with E-state index in [-0.39, 0.29) is 17.4 Å². The molecule has 3 saturated heterocycles. The van der Waals surface area contributed by atoms with Crippen molar-refractivity contribution < 1.29 is 14.3 Å². The van der Waals surface area contributed by atoms with Gasteiger partial charge in [0.1, 0.15) is 17.8 Å². The zero-order valence-electron chi connectivity index (χ0n) is 22.4. The number of methoxy groups -OCH3 is 1. The number of carbonyl (C=O) groups excluding carboxylic acids is 1. The Kier molecular flexibility index (Phi) is 7.46. The molecule has 38 heavy (non-hydrogen) atoms. The minimum absolute atomic E-state index is 0.0226. The number of ether oxygens (including phenoxy) is 2. The Labute approximate surface area is 233 Å². The molecule has 6 rings (SSSR count). The summed E-state index contributed by atoms with van der Waals surface area (Å²) in [6.07, 6.45) is 6.86. The predicted molar refractivity (Wildman–Crippen MR) is 150 cm³/mol. The average Bonchev–Trinajstić information content (AvgIpc) is 3.69. The molecule has 0 radical (unpaired) electrons. The van der Waals surface area contributed by atoms with E-state index < -0.39 is 0 Å². The maximum atomic E-state index is 13.6. The van der Waals surface area contributed by atoms with Crippen LogP contribution in [-0.2, 0) is 14.9 Å². The number of rotatable bonds is 6. The van der Waals surface area contributed by atoms with Gasteiger partial charge in [0.05, 0.1) is 12.7 Å². The number of nitrogens with zero attached hydrogens (tertiary/aromatic N) is 4. The number of amides is 1. The Morgan fingerprint density at radius 1 is 1.13 bits per heavy atom. The number of anilines is 1. The molecule has 3 aliphatic heterocycles. The molecule has 4 atom stereocenters. The number of carbonyl (C=O) groups is 1. The molecule has 1 aliphatic carbocycles. The zero-order chi connectivity index (χ0) is 26.3. The first kappa shape index (κ1) is 26.2. The largest absolute Gasteiger partial charge is 0.379 e. The van der Waals surface area contributed by atoms with Gasteiger partial charge in [-0.1, -0.05) is 28.1 Å². The highest BCUT2D eigenvalue weighted by molar-refractivity contribution is 9.10. The molecule has 1 saturated carbocycles. The Bertz CT molecular complexity index is 1160. The summed E-state index contributed by atoms with van der Waals surface area (Å²) >= 11 is 3.57. The van der Waals surface area contributed by atoms with Crippen LogP contribution in [0.25, 0.3) is 0 Å². The van der Waals surface area contributed by atoms with E-state index in [0.717, 1.165) is 80.2 Å². The normalized spacial score (nSPS) is 29.7. The lowest BCUT2D eigenvalue weighted by Gasteiger charge is -2.38. The molecule has 1 aromatic heterocycles. The standard InChI is InChI=1S/C29H38BrN5O3/c1-19-26(28(36)34-12-8-23(9-13-34)33-24-10-14-38-16-25(24)37-2)31-18-32-27(19)35-11-7-21-15-29(21,17-35)20-3-5-22(30)6-4-20/h3-6,18,21,23-25,33H,7-17H2,1-2H3. The number of hydrogen-bond donors (Lipinski definition) is 1. The second-order valence-corrected chi connectivity index (χ2v) is 12.3. The van der Waals surface area contributed by atoms with E-state index in [0.29, 0.717) is 24.4 Å². The van der Waals surface area contributed by atoms with Crippen LogP contribution in [0.1, 0.15) is 53.7 Å². The monoisotopic (exact) mass is 583 g/mol. The van der Waals surface area contributed by atoms with Crippen LogP contribution in [0.15, 0.2) is 35.1 Å². The number of hydrogen-bond acceptors (Lipinski definition) is 7. The molecule has 1 aromatic carbocycles. The van der Waals surface area contributed by atoms with Gasteiger partial charge in [0, 0.05) is 67.4 Å². The maximum absolute atomic E-state index is 13.6. The van der Waals surface area contributed by atoms with E-state index in [2.05, 4.69) is 60.4 Å². The minimum Gasteiger partial charge on any atom is -0.379 e. The molecule has 2 aromatic rings.